The number of hydrogen-bond acceptors (Lipinski definition) is 4. The predicted octanol–water partition coefficient (Wildman–Crippen LogP) is 1.10. The van der Waals surface area contributed by atoms with E-state index in [0.717, 1.165) is 0 Å². The molecule has 0 unspecified atom stereocenters. The van der Waals surface area contributed by atoms with Gasteiger partial charge in [-0.3, -0.25) is 9.69 Å². The number of ether oxygens (including phenoxy) is 2. The van der Waals surface area contributed by atoms with Crippen molar-refractivity contribution in [1.82, 2.24) is 9.80 Å². The molecule has 114 valence electrons. The molecule has 6 nitrogen and oxygen atoms in total. The number of likely N-dealkylation sites (tertiary alicyclic amines) is 1. The summed E-state index contributed by atoms with van der Waals surface area (Å²) in [5, 5.41) is 0. The highest BCUT2D eigenvalue weighted by molar-refractivity contribution is 5.86. The van der Waals surface area contributed by atoms with Gasteiger partial charge in [0.25, 0.3) is 0 Å². The van der Waals surface area contributed by atoms with Crippen LogP contribution in [-0.4, -0.2) is 66.8 Å². The van der Waals surface area contributed by atoms with Crippen molar-refractivity contribution in [3.05, 3.63) is 0 Å². The molecule has 0 aromatic rings. The molecule has 0 aromatic carbocycles. The molecule has 2 saturated heterocycles. The molecule has 3 atom stereocenters. The van der Waals surface area contributed by atoms with Crippen LogP contribution in [0, 0.1) is 5.92 Å². The van der Waals surface area contributed by atoms with E-state index in [1.54, 1.807) is 19.0 Å². The van der Waals surface area contributed by atoms with E-state index in [-0.39, 0.29) is 17.9 Å². The Balaban J connectivity index is 2.19. The van der Waals surface area contributed by atoms with Gasteiger partial charge in [-0.05, 0) is 27.2 Å². The van der Waals surface area contributed by atoms with Gasteiger partial charge in [-0.25, -0.2) is 4.79 Å². The van der Waals surface area contributed by atoms with E-state index in [9.17, 15) is 9.59 Å². The molecule has 6 heteroatoms. The zero-order valence-electron chi connectivity index (χ0n) is 12.9. The summed E-state index contributed by atoms with van der Waals surface area (Å²) in [6.45, 7) is 6.58. The summed E-state index contributed by atoms with van der Waals surface area (Å²) in [5.74, 6) is 0.182. The number of carbonyl (C=O) groups is 2. The molecule has 0 saturated carbocycles. The second-order valence-corrected chi connectivity index (χ2v) is 6.74. The van der Waals surface area contributed by atoms with Crippen LogP contribution < -0.4 is 0 Å². The van der Waals surface area contributed by atoms with Crippen molar-refractivity contribution < 1.29 is 19.1 Å². The van der Waals surface area contributed by atoms with Crippen LogP contribution in [0.5, 0.6) is 0 Å². The summed E-state index contributed by atoms with van der Waals surface area (Å²) >= 11 is 0. The quantitative estimate of drug-likeness (QED) is 0.723. The third kappa shape index (κ3) is 2.90. The van der Waals surface area contributed by atoms with Gasteiger partial charge in [0.1, 0.15) is 11.6 Å². The number of rotatable bonds is 1. The van der Waals surface area contributed by atoms with Crippen LogP contribution in [-0.2, 0) is 14.3 Å². The fraction of sp³-hybridized carbons (Fsp3) is 0.857. The van der Waals surface area contributed by atoms with Gasteiger partial charge >= 0.3 is 6.09 Å². The molecule has 0 aromatic heterocycles. The zero-order valence-corrected chi connectivity index (χ0v) is 12.9. The minimum atomic E-state index is -0.569. The first-order valence-corrected chi connectivity index (χ1v) is 7.01. The first kappa shape index (κ1) is 15.1. The maximum atomic E-state index is 12.4. The van der Waals surface area contributed by atoms with Crippen LogP contribution in [0.4, 0.5) is 4.79 Å². The van der Waals surface area contributed by atoms with Crippen LogP contribution in [0.1, 0.15) is 27.2 Å². The molecule has 0 bridgehead atoms. The molecule has 0 N–H and O–H groups in total. The molecule has 2 heterocycles. The van der Waals surface area contributed by atoms with E-state index < -0.39 is 17.7 Å². The van der Waals surface area contributed by atoms with Crippen molar-refractivity contribution in [2.75, 3.05) is 27.3 Å². The van der Waals surface area contributed by atoms with Crippen molar-refractivity contribution in [2.45, 2.75) is 44.9 Å². The molecule has 0 radical (unpaired) electrons. The molecule has 2 aliphatic rings. The molecule has 2 amide bonds. The van der Waals surface area contributed by atoms with Gasteiger partial charge < -0.3 is 14.4 Å². The Kier molecular flexibility index (Phi) is 3.95. The summed E-state index contributed by atoms with van der Waals surface area (Å²) in [7, 11) is 3.42. The van der Waals surface area contributed by atoms with Gasteiger partial charge in [-0.1, -0.05) is 0 Å². The number of hydrogen-bond donors (Lipinski definition) is 0. The molecule has 2 rings (SSSR count). The van der Waals surface area contributed by atoms with Crippen molar-refractivity contribution in [2.24, 2.45) is 5.92 Å². The molecule has 0 spiro atoms. The summed E-state index contributed by atoms with van der Waals surface area (Å²) in [6, 6.07) is -0.475. The van der Waals surface area contributed by atoms with Gasteiger partial charge in [-0.2, -0.15) is 0 Å². The Morgan fingerprint density at radius 1 is 1.25 bits per heavy atom. The van der Waals surface area contributed by atoms with E-state index in [2.05, 4.69) is 0 Å². The van der Waals surface area contributed by atoms with E-state index >= 15 is 0 Å². The third-order valence-corrected chi connectivity index (χ3v) is 3.71. The molecular formula is C14H24N2O4. The lowest BCUT2D eigenvalue weighted by molar-refractivity contribution is -0.134. The maximum absolute atomic E-state index is 12.4. The number of fused-ring (bicyclic) bond motifs is 1. The molecular weight excluding hydrogens is 260 g/mol. The standard InChI is InChI=1S/C14H24N2O4/c1-14(2,3)20-13(18)16-10(12(17)15(4)5)6-9-7-19-8-11(9)16/h9-11H,6-8H2,1-5H3/t9-,10-,11+/m0/s1. The molecule has 20 heavy (non-hydrogen) atoms. The maximum Gasteiger partial charge on any atom is 0.411 e. The average molecular weight is 284 g/mol. The monoisotopic (exact) mass is 284 g/mol. The third-order valence-electron chi connectivity index (χ3n) is 3.71. The SMILES string of the molecule is CN(C)C(=O)[C@@H]1C[C@H]2COC[C@H]2N1C(=O)OC(C)(C)C. The topological polar surface area (TPSA) is 59.1 Å². The minimum Gasteiger partial charge on any atom is -0.444 e. The van der Waals surface area contributed by atoms with E-state index in [4.69, 9.17) is 9.47 Å². The van der Waals surface area contributed by atoms with E-state index in [0.29, 0.717) is 19.6 Å². The van der Waals surface area contributed by atoms with Crippen LogP contribution in [0.15, 0.2) is 0 Å². The van der Waals surface area contributed by atoms with Crippen molar-refractivity contribution in [3.8, 4) is 0 Å². The van der Waals surface area contributed by atoms with Crippen LogP contribution in [0.25, 0.3) is 0 Å². The highest BCUT2D eigenvalue weighted by atomic mass is 16.6. The van der Waals surface area contributed by atoms with Gasteiger partial charge in [-0.15, -0.1) is 0 Å². The normalized spacial score (nSPS) is 29.2. The Bertz CT molecular complexity index is 402. The number of carbonyl (C=O) groups excluding carboxylic acids is 2. The summed E-state index contributed by atoms with van der Waals surface area (Å²) in [5.41, 5.74) is -0.569. The second kappa shape index (κ2) is 5.24. The average Bonchev–Trinajstić information content (AvgIpc) is 2.83. The Labute approximate surface area is 120 Å². The Morgan fingerprint density at radius 3 is 2.45 bits per heavy atom. The first-order valence-electron chi connectivity index (χ1n) is 7.01. The lowest BCUT2D eigenvalue weighted by atomic mass is 10.0. The number of likely N-dealkylation sites (N-methyl/N-ethyl adjacent to an activating group) is 1. The van der Waals surface area contributed by atoms with Crippen LogP contribution >= 0.6 is 0 Å². The van der Waals surface area contributed by atoms with Crippen molar-refractivity contribution in [3.63, 3.8) is 0 Å². The summed E-state index contributed by atoms with van der Waals surface area (Å²) in [4.78, 5) is 27.8. The van der Waals surface area contributed by atoms with Crippen LogP contribution in [0.2, 0.25) is 0 Å². The van der Waals surface area contributed by atoms with Crippen molar-refractivity contribution >= 4 is 12.0 Å². The van der Waals surface area contributed by atoms with Gasteiger partial charge in [0.2, 0.25) is 5.91 Å². The van der Waals surface area contributed by atoms with Crippen molar-refractivity contribution in [1.29, 1.82) is 0 Å². The largest absolute Gasteiger partial charge is 0.444 e. The first-order chi connectivity index (χ1) is 9.20. The fourth-order valence-corrected chi connectivity index (χ4v) is 2.85. The Morgan fingerprint density at radius 2 is 1.90 bits per heavy atom. The van der Waals surface area contributed by atoms with E-state index in [1.807, 2.05) is 20.8 Å². The highest BCUT2D eigenvalue weighted by Crippen LogP contribution is 2.36. The van der Waals surface area contributed by atoms with Gasteiger partial charge in [0.15, 0.2) is 0 Å². The molecule has 0 aliphatic carbocycles. The van der Waals surface area contributed by atoms with Crippen LogP contribution in [0.3, 0.4) is 0 Å². The lowest BCUT2D eigenvalue weighted by Gasteiger charge is -2.32. The lowest BCUT2D eigenvalue weighted by Crippen LogP contribution is -2.50. The number of nitrogens with zero attached hydrogens (tertiary/aromatic N) is 2. The Hall–Kier alpha value is -1.30. The van der Waals surface area contributed by atoms with E-state index in [1.165, 1.54) is 4.90 Å². The smallest absolute Gasteiger partial charge is 0.411 e. The predicted molar refractivity (Wildman–Crippen MR) is 73.3 cm³/mol. The second-order valence-electron chi connectivity index (χ2n) is 6.74. The molecule has 2 fully saturated rings. The summed E-state index contributed by atoms with van der Waals surface area (Å²) in [6.07, 6.45) is 0.233. The molecule has 2 aliphatic heterocycles. The zero-order chi connectivity index (χ0) is 15.1. The van der Waals surface area contributed by atoms with Gasteiger partial charge in [0, 0.05) is 20.0 Å². The minimum absolute atomic E-state index is 0.0428. The fourth-order valence-electron chi connectivity index (χ4n) is 2.85. The summed E-state index contributed by atoms with van der Waals surface area (Å²) < 4.78 is 10.9. The highest BCUT2D eigenvalue weighted by Gasteiger charge is 2.51. The van der Waals surface area contributed by atoms with Gasteiger partial charge in [0.05, 0.1) is 19.3 Å². The number of amides is 2.